The van der Waals surface area contributed by atoms with Gasteiger partial charge < -0.3 is 10.1 Å². The highest BCUT2D eigenvalue weighted by atomic mass is 16.5. The van der Waals surface area contributed by atoms with Crippen LogP contribution < -0.4 is 10.1 Å². The maximum atomic E-state index is 12.8. The molecule has 5 rings (SSSR count). The van der Waals surface area contributed by atoms with Crippen molar-refractivity contribution in [2.45, 2.75) is 6.42 Å². The molecule has 1 amide bonds. The van der Waals surface area contributed by atoms with Gasteiger partial charge in [0.1, 0.15) is 11.3 Å². The zero-order valence-electron chi connectivity index (χ0n) is 17.7. The lowest BCUT2D eigenvalue weighted by Crippen LogP contribution is -2.11. The van der Waals surface area contributed by atoms with Gasteiger partial charge in [0, 0.05) is 29.4 Å². The Bertz CT molecular complexity index is 1380. The van der Waals surface area contributed by atoms with Crippen molar-refractivity contribution in [1.29, 1.82) is 0 Å². The summed E-state index contributed by atoms with van der Waals surface area (Å²) in [6.07, 6.45) is 2.56. The minimum Gasteiger partial charge on any atom is -0.493 e. The summed E-state index contributed by atoms with van der Waals surface area (Å²) in [5.41, 5.74) is 5.55. The van der Waals surface area contributed by atoms with E-state index in [9.17, 15) is 4.79 Å². The monoisotopic (exact) mass is 435 g/mol. The van der Waals surface area contributed by atoms with E-state index in [0.29, 0.717) is 23.5 Å². The first-order valence-electron chi connectivity index (χ1n) is 10.6. The number of fused-ring (bicyclic) bond motifs is 1. The second-order valence-electron chi connectivity index (χ2n) is 7.55. The molecule has 0 bridgehead atoms. The normalized spacial score (nSPS) is 10.8. The zero-order valence-corrected chi connectivity index (χ0v) is 17.7. The van der Waals surface area contributed by atoms with Gasteiger partial charge in [0.25, 0.3) is 5.91 Å². The second-order valence-corrected chi connectivity index (χ2v) is 7.55. The van der Waals surface area contributed by atoms with Gasteiger partial charge >= 0.3 is 0 Å². The molecule has 2 N–H and O–H groups in total. The number of H-pyrrole nitrogens is 1. The maximum Gasteiger partial charge on any atom is 0.255 e. The highest BCUT2D eigenvalue weighted by Gasteiger charge is 2.09. The number of amides is 1. The number of rotatable bonds is 7. The maximum absolute atomic E-state index is 12.8. The van der Waals surface area contributed by atoms with Crippen molar-refractivity contribution in [3.63, 3.8) is 0 Å². The molecular formula is C26H21N5O2. The van der Waals surface area contributed by atoms with Crippen LogP contribution in [0.3, 0.4) is 0 Å². The number of ether oxygens (including phenoxy) is 1. The number of aromatic amines is 1. The Balaban J connectivity index is 1.21. The van der Waals surface area contributed by atoms with E-state index in [-0.39, 0.29) is 5.91 Å². The van der Waals surface area contributed by atoms with Crippen molar-refractivity contribution in [3.8, 4) is 16.9 Å². The lowest BCUT2D eigenvalue weighted by atomic mass is 10.0. The average molecular weight is 435 g/mol. The standard InChI is InChI=1S/C26H21N5O2/c32-26(20-8-4-7-19(15-20)21-16-24-25(27-17-21)30-31-29-24)28-22-9-11-23(12-10-22)33-14-13-18-5-2-1-3-6-18/h1-12,15-17H,13-14H2,(H,28,32)(H,27,29,30,31). The Hall–Kier alpha value is -4.52. The fourth-order valence-electron chi connectivity index (χ4n) is 3.51. The van der Waals surface area contributed by atoms with E-state index in [4.69, 9.17) is 4.74 Å². The summed E-state index contributed by atoms with van der Waals surface area (Å²) in [5, 5.41) is 13.4. The van der Waals surface area contributed by atoms with Crippen LogP contribution in [0.5, 0.6) is 5.75 Å². The predicted molar refractivity (Wildman–Crippen MR) is 127 cm³/mol. The molecule has 0 unspecified atom stereocenters. The lowest BCUT2D eigenvalue weighted by Gasteiger charge is -2.09. The van der Waals surface area contributed by atoms with Crippen LogP contribution in [-0.4, -0.2) is 32.9 Å². The molecule has 2 heterocycles. The van der Waals surface area contributed by atoms with Crippen LogP contribution in [0.15, 0.2) is 91.1 Å². The second kappa shape index (κ2) is 9.32. The molecule has 162 valence electrons. The number of hydrogen-bond acceptors (Lipinski definition) is 5. The molecule has 5 aromatic rings. The molecule has 0 aliphatic rings. The first kappa shape index (κ1) is 20.4. The fraction of sp³-hybridized carbons (Fsp3) is 0.0769. The number of nitrogens with one attached hydrogen (secondary N) is 2. The summed E-state index contributed by atoms with van der Waals surface area (Å²) in [6, 6.07) is 26.9. The van der Waals surface area contributed by atoms with Crippen LogP contribution >= 0.6 is 0 Å². The highest BCUT2D eigenvalue weighted by Crippen LogP contribution is 2.23. The van der Waals surface area contributed by atoms with Crippen molar-refractivity contribution in [3.05, 3.63) is 102 Å². The van der Waals surface area contributed by atoms with Gasteiger partial charge in [-0.3, -0.25) is 9.89 Å². The molecule has 0 radical (unpaired) electrons. The van der Waals surface area contributed by atoms with Crippen LogP contribution in [-0.2, 0) is 6.42 Å². The van der Waals surface area contributed by atoms with E-state index in [0.717, 1.165) is 28.8 Å². The molecular weight excluding hydrogens is 414 g/mol. The number of carbonyl (C=O) groups is 1. The molecule has 0 aliphatic carbocycles. The zero-order chi connectivity index (χ0) is 22.5. The summed E-state index contributed by atoms with van der Waals surface area (Å²) in [7, 11) is 0. The van der Waals surface area contributed by atoms with Gasteiger partial charge in [0.2, 0.25) is 5.65 Å². The first-order valence-corrected chi connectivity index (χ1v) is 10.6. The number of carbonyl (C=O) groups excluding carboxylic acids is 1. The van der Waals surface area contributed by atoms with Crippen LogP contribution in [0, 0.1) is 0 Å². The van der Waals surface area contributed by atoms with Crippen molar-refractivity contribution in [2.24, 2.45) is 0 Å². The smallest absolute Gasteiger partial charge is 0.255 e. The molecule has 0 spiro atoms. The number of benzene rings is 3. The number of hydrogen-bond donors (Lipinski definition) is 2. The van der Waals surface area contributed by atoms with Gasteiger partial charge in [-0.1, -0.05) is 47.7 Å². The highest BCUT2D eigenvalue weighted by molar-refractivity contribution is 6.05. The van der Waals surface area contributed by atoms with Crippen LogP contribution in [0.2, 0.25) is 0 Å². The van der Waals surface area contributed by atoms with Crippen LogP contribution in [0.25, 0.3) is 22.3 Å². The van der Waals surface area contributed by atoms with E-state index in [1.54, 1.807) is 12.3 Å². The fourth-order valence-corrected chi connectivity index (χ4v) is 3.51. The summed E-state index contributed by atoms with van der Waals surface area (Å²) in [4.78, 5) is 17.1. The van der Waals surface area contributed by atoms with Crippen LogP contribution in [0.1, 0.15) is 15.9 Å². The van der Waals surface area contributed by atoms with Gasteiger partial charge in [-0.2, -0.15) is 0 Å². The number of aromatic nitrogens is 4. The van der Waals surface area contributed by atoms with Crippen LogP contribution in [0.4, 0.5) is 5.69 Å². The largest absolute Gasteiger partial charge is 0.493 e. The van der Waals surface area contributed by atoms with Crippen molar-refractivity contribution < 1.29 is 9.53 Å². The predicted octanol–water partition coefficient (Wildman–Crippen LogP) is 4.89. The minimum absolute atomic E-state index is 0.188. The average Bonchev–Trinajstić information content (AvgIpc) is 3.34. The molecule has 33 heavy (non-hydrogen) atoms. The number of pyridine rings is 1. The Morgan fingerprint density at radius 2 is 1.76 bits per heavy atom. The van der Waals surface area contributed by atoms with Gasteiger partial charge in [-0.25, -0.2) is 4.98 Å². The minimum atomic E-state index is -0.188. The SMILES string of the molecule is O=C(Nc1ccc(OCCc2ccccc2)cc1)c1cccc(-c2cnc3nn[nH]c3c2)c1. The van der Waals surface area contributed by atoms with Gasteiger partial charge in [-0.15, -0.1) is 5.10 Å². The Labute approximate surface area is 190 Å². The third kappa shape index (κ3) is 4.88. The molecule has 3 aromatic carbocycles. The van der Waals surface area contributed by atoms with Gasteiger partial charge in [-0.05, 0) is 53.6 Å². The van der Waals surface area contributed by atoms with E-state index < -0.39 is 0 Å². The molecule has 2 aromatic heterocycles. The van der Waals surface area contributed by atoms with Gasteiger partial charge in [0.15, 0.2) is 0 Å². The van der Waals surface area contributed by atoms with E-state index in [2.05, 4.69) is 37.8 Å². The molecule has 0 atom stereocenters. The Morgan fingerprint density at radius 1 is 0.909 bits per heavy atom. The van der Waals surface area contributed by atoms with Crippen molar-refractivity contribution in [1.82, 2.24) is 20.4 Å². The van der Waals surface area contributed by atoms with Crippen molar-refractivity contribution >= 4 is 22.8 Å². The third-order valence-electron chi connectivity index (χ3n) is 5.25. The molecule has 7 heteroatoms. The quantitative estimate of drug-likeness (QED) is 0.380. The molecule has 0 aliphatic heterocycles. The molecule has 0 fully saturated rings. The molecule has 0 saturated carbocycles. The van der Waals surface area contributed by atoms with E-state index >= 15 is 0 Å². The van der Waals surface area contributed by atoms with E-state index in [1.807, 2.05) is 66.7 Å². The van der Waals surface area contributed by atoms with Crippen molar-refractivity contribution in [2.75, 3.05) is 11.9 Å². The van der Waals surface area contributed by atoms with Gasteiger partial charge in [0.05, 0.1) is 6.61 Å². The summed E-state index contributed by atoms with van der Waals surface area (Å²) in [5.74, 6) is 0.578. The Morgan fingerprint density at radius 3 is 2.61 bits per heavy atom. The molecule has 7 nitrogen and oxygen atoms in total. The van der Waals surface area contributed by atoms with E-state index in [1.165, 1.54) is 5.56 Å². The number of anilines is 1. The summed E-state index contributed by atoms with van der Waals surface area (Å²) in [6.45, 7) is 0.595. The first-order chi connectivity index (χ1) is 16.2. The summed E-state index contributed by atoms with van der Waals surface area (Å²) < 4.78 is 5.81. The topological polar surface area (TPSA) is 92.8 Å². The number of nitrogens with zero attached hydrogens (tertiary/aromatic N) is 3. The third-order valence-corrected chi connectivity index (χ3v) is 5.25. The molecule has 0 saturated heterocycles. The lowest BCUT2D eigenvalue weighted by molar-refractivity contribution is 0.102. The summed E-state index contributed by atoms with van der Waals surface area (Å²) >= 11 is 0. The Kier molecular flexibility index (Phi) is 5.75.